The van der Waals surface area contributed by atoms with Crippen LogP contribution in [-0.4, -0.2) is 34.0 Å². The van der Waals surface area contributed by atoms with Crippen molar-refractivity contribution >= 4 is 17.3 Å². The molecule has 1 N–H and O–H groups in total. The molecule has 0 unspecified atom stereocenters. The van der Waals surface area contributed by atoms with Crippen LogP contribution < -0.4 is 0 Å². The first-order chi connectivity index (χ1) is 12.2. The Kier molecular flexibility index (Phi) is 4.61. The number of fused-ring (bicyclic) bond motifs is 1. The molecule has 4 nitrogen and oxygen atoms in total. The smallest absolute Gasteiger partial charge is 0.311 e. The summed E-state index contributed by atoms with van der Waals surface area (Å²) in [6.45, 7) is 2.38. The molecule has 4 rings (SSSR count). The van der Waals surface area contributed by atoms with Gasteiger partial charge in [-0.1, -0.05) is 36.8 Å². The second-order valence-electron chi connectivity index (χ2n) is 7.44. The van der Waals surface area contributed by atoms with E-state index in [0.717, 1.165) is 50.9 Å². The molecule has 1 saturated carbocycles. The fourth-order valence-corrected chi connectivity index (χ4v) is 5.31. The number of rotatable bonds is 6. The minimum atomic E-state index is -0.598. The van der Waals surface area contributed by atoms with Gasteiger partial charge in [0.05, 0.1) is 16.1 Å². The van der Waals surface area contributed by atoms with Crippen molar-refractivity contribution in [2.45, 2.75) is 38.6 Å². The van der Waals surface area contributed by atoms with Crippen LogP contribution >= 0.6 is 11.3 Å². The van der Waals surface area contributed by atoms with Crippen molar-refractivity contribution in [3.63, 3.8) is 0 Å². The quantitative estimate of drug-likeness (QED) is 0.859. The van der Waals surface area contributed by atoms with E-state index < -0.39 is 11.4 Å². The Bertz CT molecular complexity index is 745. The summed E-state index contributed by atoms with van der Waals surface area (Å²) in [5.74, 6) is -0.277. The molecule has 1 aromatic heterocycles. The molecule has 0 amide bonds. The van der Waals surface area contributed by atoms with Crippen LogP contribution in [0.4, 0.5) is 0 Å². The number of aliphatic carboxylic acids is 1. The average Bonchev–Trinajstić information content (AvgIpc) is 3.29. The predicted molar refractivity (Wildman–Crippen MR) is 98.7 cm³/mol. The van der Waals surface area contributed by atoms with Gasteiger partial charge in [0.2, 0.25) is 0 Å². The Morgan fingerprint density at radius 1 is 1.32 bits per heavy atom. The third-order valence-electron chi connectivity index (χ3n) is 5.82. The molecule has 0 spiro atoms. The van der Waals surface area contributed by atoms with Crippen LogP contribution in [0, 0.1) is 11.3 Å². The summed E-state index contributed by atoms with van der Waals surface area (Å²) in [5.41, 5.74) is 1.94. The first kappa shape index (κ1) is 16.7. The number of hydrogen-bond acceptors (Lipinski definition) is 4. The Labute approximate surface area is 152 Å². The fourth-order valence-electron chi connectivity index (χ4n) is 4.52. The topological polar surface area (TPSA) is 53.4 Å². The van der Waals surface area contributed by atoms with Crippen LogP contribution in [0.25, 0.3) is 0 Å². The number of carbonyl (C=O) groups is 1. The molecule has 2 heterocycles. The van der Waals surface area contributed by atoms with Crippen molar-refractivity contribution in [3.8, 4) is 0 Å². The summed E-state index contributed by atoms with van der Waals surface area (Å²) >= 11 is 1.72. The predicted octanol–water partition coefficient (Wildman–Crippen LogP) is 3.62. The van der Waals surface area contributed by atoms with Crippen molar-refractivity contribution in [1.82, 2.24) is 9.88 Å². The second-order valence-corrected chi connectivity index (χ2v) is 8.38. The summed E-state index contributed by atoms with van der Waals surface area (Å²) in [6.07, 6.45) is 4.94. The summed E-state index contributed by atoms with van der Waals surface area (Å²) in [7, 11) is 0. The van der Waals surface area contributed by atoms with Crippen molar-refractivity contribution in [2.24, 2.45) is 11.3 Å². The van der Waals surface area contributed by atoms with Gasteiger partial charge in [-0.2, -0.15) is 0 Å². The van der Waals surface area contributed by atoms with Gasteiger partial charge < -0.3 is 5.11 Å². The first-order valence-corrected chi connectivity index (χ1v) is 9.97. The molecule has 1 aromatic carbocycles. The molecule has 2 aliphatic rings. The highest BCUT2D eigenvalue weighted by Gasteiger charge is 2.54. The highest BCUT2D eigenvalue weighted by atomic mass is 32.1. The maximum absolute atomic E-state index is 11.8. The number of aromatic nitrogens is 1. The monoisotopic (exact) mass is 356 g/mol. The standard InChI is InChI=1S/C20H24N2O2S/c23-19(24)20-10-4-7-16(20)11-22(14-20)12-17-13-25-18(21-17)9-8-15-5-2-1-3-6-15/h1-3,5-6,13,16H,4,7-12,14H2,(H,23,24)/t16-,20+/m0/s1. The molecule has 1 aliphatic heterocycles. The van der Waals surface area contributed by atoms with E-state index in [4.69, 9.17) is 4.98 Å². The number of carboxylic acids is 1. The maximum Gasteiger partial charge on any atom is 0.311 e. The molecular weight excluding hydrogens is 332 g/mol. The average molecular weight is 356 g/mol. The van der Waals surface area contributed by atoms with E-state index in [1.807, 2.05) is 6.07 Å². The van der Waals surface area contributed by atoms with Gasteiger partial charge >= 0.3 is 5.97 Å². The van der Waals surface area contributed by atoms with Gasteiger partial charge in [0.25, 0.3) is 0 Å². The Hall–Kier alpha value is -1.72. The summed E-state index contributed by atoms with van der Waals surface area (Å²) < 4.78 is 0. The minimum Gasteiger partial charge on any atom is -0.481 e. The van der Waals surface area contributed by atoms with E-state index in [1.165, 1.54) is 10.6 Å². The lowest BCUT2D eigenvalue weighted by molar-refractivity contribution is -0.149. The molecular formula is C20H24N2O2S. The molecule has 132 valence electrons. The van der Waals surface area contributed by atoms with Gasteiger partial charge in [0, 0.05) is 31.4 Å². The van der Waals surface area contributed by atoms with E-state index >= 15 is 0 Å². The maximum atomic E-state index is 11.8. The van der Waals surface area contributed by atoms with Crippen molar-refractivity contribution in [2.75, 3.05) is 13.1 Å². The van der Waals surface area contributed by atoms with Crippen molar-refractivity contribution in [3.05, 3.63) is 52.0 Å². The molecule has 1 saturated heterocycles. The van der Waals surface area contributed by atoms with Gasteiger partial charge in [0.15, 0.2) is 0 Å². The Balaban J connectivity index is 1.35. The molecule has 2 aromatic rings. The fraction of sp³-hybridized carbons (Fsp3) is 0.500. The van der Waals surface area contributed by atoms with E-state index in [9.17, 15) is 9.90 Å². The summed E-state index contributed by atoms with van der Waals surface area (Å²) in [6, 6.07) is 10.5. The number of benzene rings is 1. The zero-order valence-corrected chi connectivity index (χ0v) is 15.2. The molecule has 0 radical (unpaired) electrons. The molecule has 0 bridgehead atoms. The molecule has 2 atom stereocenters. The first-order valence-electron chi connectivity index (χ1n) is 9.09. The van der Waals surface area contributed by atoms with E-state index in [0.29, 0.717) is 12.5 Å². The van der Waals surface area contributed by atoms with E-state index in [1.54, 1.807) is 11.3 Å². The minimum absolute atomic E-state index is 0.321. The second kappa shape index (κ2) is 6.89. The molecule has 1 aliphatic carbocycles. The number of likely N-dealkylation sites (tertiary alicyclic amines) is 1. The molecule has 5 heteroatoms. The molecule has 2 fully saturated rings. The van der Waals surface area contributed by atoms with Crippen LogP contribution in [-0.2, 0) is 24.2 Å². The Morgan fingerprint density at radius 2 is 2.16 bits per heavy atom. The summed E-state index contributed by atoms with van der Waals surface area (Å²) in [4.78, 5) is 18.9. The highest BCUT2D eigenvalue weighted by molar-refractivity contribution is 7.09. The van der Waals surface area contributed by atoms with Gasteiger partial charge in [-0.15, -0.1) is 11.3 Å². The SMILES string of the molecule is O=C(O)[C@@]12CCC[C@H]1CN(Cc1csc(CCc3ccccc3)n1)C2. The van der Waals surface area contributed by atoms with E-state index in [2.05, 4.69) is 34.5 Å². The number of carboxylic acid groups (broad SMARTS) is 1. The summed E-state index contributed by atoms with van der Waals surface area (Å²) in [5, 5.41) is 13.0. The van der Waals surface area contributed by atoms with Crippen LogP contribution in [0.5, 0.6) is 0 Å². The normalized spacial score (nSPS) is 26.0. The van der Waals surface area contributed by atoms with E-state index in [-0.39, 0.29) is 0 Å². The van der Waals surface area contributed by atoms with Gasteiger partial charge in [0.1, 0.15) is 0 Å². The zero-order valence-electron chi connectivity index (χ0n) is 14.4. The largest absolute Gasteiger partial charge is 0.481 e. The van der Waals surface area contributed by atoms with Crippen molar-refractivity contribution < 1.29 is 9.90 Å². The lowest BCUT2D eigenvalue weighted by Gasteiger charge is -2.23. The number of nitrogens with zero attached hydrogens (tertiary/aromatic N) is 2. The lowest BCUT2D eigenvalue weighted by atomic mass is 9.81. The lowest BCUT2D eigenvalue weighted by Crippen LogP contribution is -2.35. The number of thiazole rings is 1. The van der Waals surface area contributed by atoms with Gasteiger partial charge in [-0.3, -0.25) is 9.69 Å². The number of aryl methyl sites for hydroxylation is 2. The van der Waals surface area contributed by atoms with Crippen LogP contribution in [0.1, 0.15) is 35.5 Å². The van der Waals surface area contributed by atoms with Crippen molar-refractivity contribution in [1.29, 1.82) is 0 Å². The van der Waals surface area contributed by atoms with Gasteiger partial charge in [-0.25, -0.2) is 4.98 Å². The van der Waals surface area contributed by atoms with Crippen LogP contribution in [0.2, 0.25) is 0 Å². The third kappa shape index (κ3) is 3.35. The zero-order chi connectivity index (χ0) is 17.3. The molecule has 25 heavy (non-hydrogen) atoms. The van der Waals surface area contributed by atoms with Crippen LogP contribution in [0.15, 0.2) is 35.7 Å². The Morgan fingerprint density at radius 3 is 2.92 bits per heavy atom. The van der Waals surface area contributed by atoms with Gasteiger partial charge in [-0.05, 0) is 30.7 Å². The van der Waals surface area contributed by atoms with Crippen LogP contribution in [0.3, 0.4) is 0 Å². The third-order valence-corrected chi connectivity index (χ3v) is 6.78. The number of hydrogen-bond donors (Lipinski definition) is 1. The highest BCUT2D eigenvalue weighted by Crippen LogP contribution is 2.49.